The number of hydrogen-bond donors (Lipinski definition) is 0. The molecule has 1 aromatic heterocycles. The molecule has 0 bridgehead atoms. The number of hydrogen-bond acceptors (Lipinski definition) is 2. The molecule has 0 spiro atoms. The monoisotopic (exact) mass is 271 g/mol. The van der Waals surface area contributed by atoms with Crippen molar-refractivity contribution in [2.45, 2.75) is 4.90 Å². The van der Waals surface area contributed by atoms with Crippen molar-refractivity contribution >= 4 is 32.6 Å². The first-order chi connectivity index (χ1) is 9.09. The lowest BCUT2D eigenvalue weighted by molar-refractivity contribution is 0.687. The molecule has 4 heteroatoms. The standard InChI is InChI=1S/C15H13NO2S/c1-16-13-6-4-3-5-11(13)15(17)12-9-10(19(2)18)7-8-14(12)16/h3-9H,1-2H3. The molecule has 3 nitrogen and oxygen atoms in total. The zero-order valence-electron chi connectivity index (χ0n) is 10.7. The van der Waals surface area contributed by atoms with Gasteiger partial charge in [-0.25, -0.2) is 0 Å². The van der Waals surface area contributed by atoms with Crippen molar-refractivity contribution in [3.8, 4) is 0 Å². The van der Waals surface area contributed by atoms with Crippen LogP contribution in [0.5, 0.6) is 0 Å². The van der Waals surface area contributed by atoms with E-state index in [0.29, 0.717) is 15.7 Å². The maximum atomic E-state index is 12.5. The molecule has 96 valence electrons. The fraction of sp³-hybridized carbons (Fsp3) is 0.133. The number of aryl methyl sites for hydroxylation is 1. The van der Waals surface area contributed by atoms with Gasteiger partial charge in [-0.15, -0.1) is 0 Å². The van der Waals surface area contributed by atoms with E-state index < -0.39 is 10.8 Å². The molecule has 1 unspecified atom stereocenters. The number of benzene rings is 2. The fourth-order valence-corrected chi connectivity index (χ4v) is 2.94. The third-order valence-electron chi connectivity index (χ3n) is 3.42. The van der Waals surface area contributed by atoms with Gasteiger partial charge in [0.05, 0.1) is 11.0 Å². The summed E-state index contributed by atoms with van der Waals surface area (Å²) in [7, 11) is 0.855. The highest BCUT2D eigenvalue weighted by Crippen LogP contribution is 2.19. The van der Waals surface area contributed by atoms with Crippen molar-refractivity contribution in [1.29, 1.82) is 0 Å². The van der Waals surface area contributed by atoms with Gasteiger partial charge in [-0.3, -0.25) is 9.00 Å². The van der Waals surface area contributed by atoms with E-state index in [1.807, 2.05) is 48.0 Å². The van der Waals surface area contributed by atoms with Crippen LogP contribution in [0.1, 0.15) is 0 Å². The van der Waals surface area contributed by atoms with Gasteiger partial charge >= 0.3 is 0 Å². The summed E-state index contributed by atoms with van der Waals surface area (Å²) in [5.41, 5.74) is 1.76. The smallest absolute Gasteiger partial charge is 0.197 e. The van der Waals surface area contributed by atoms with Crippen molar-refractivity contribution in [3.05, 3.63) is 52.7 Å². The first-order valence-electron chi connectivity index (χ1n) is 5.94. The van der Waals surface area contributed by atoms with Crippen molar-refractivity contribution in [2.75, 3.05) is 6.26 Å². The van der Waals surface area contributed by atoms with Gasteiger partial charge in [-0.2, -0.15) is 0 Å². The van der Waals surface area contributed by atoms with Crippen LogP contribution in [0.15, 0.2) is 52.2 Å². The Labute approximate surface area is 112 Å². The highest BCUT2D eigenvalue weighted by atomic mass is 32.2. The van der Waals surface area contributed by atoms with Crippen molar-refractivity contribution < 1.29 is 4.21 Å². The molecule has 0 fully saturated rings. The molecule has 19 heavy (non-hydrogen) atoms. The average Bonchev–Trinajstić information content (AvgIpc) is 2.44. The molecule has 0 saturated carbocycles. The summed E-state index contributed by atoms with van der Waals surface area (Å²) in [6.45, 7) is 0. The third-order valence-corrected chi connectivity index (χ3v) is 4.33. The number of pyridine rings is 1. The summed E-state index contributed by atoms with van der Waals surface area (Å²) in [6.07, 6.45) is 1.62. The van der Waals surface area contributed by atoms with Crippen LogP contribution < -0.4 is 5.43 Å². The van der Waals surface area contributed by atoms with Crippen LogP contribution in [-0.2, 0) is 17.8 Å². The lowest BCUT2D eigenvalue weighted by Crippen LogP contribution is -2.09. The van der Waals surface area contributed by atoms with Gasteiger partial charge in [0, 0.05) is 39.8 Å². The Morgan fingerprint density at radius 3 is 2.42 bits per heavy atom. The maximum Gasteiger partial charge on any atom is 0.197 e. The molecule has 0 aliphatic rings. The molecule has 0 N–H and O–H groups in total. The molecule has 1 heterocycles. The van der Waals surface area contributed by atoms with Crippen LogP contribution in [-0.4, -0.2) is 15.0 Å². The molecule has 0 radical (unpaired) electrons. The average molecular weight is 271 g/mol. The third kappa shape index (κ3) is 1.79. The fourth-order valence-electron chi connectivity index (χ4n) is 2.40. The lowest BCUT2D eigenvalue weighted by atomic mass is 10.1. The summed E-state index contributed by atoms with van der Waals surface area (Å²) >= 11 is 0. The van der Waals surface area contributed by atoms with E-state index in [9.17, 15) is 9.00 Å². The van der Waals surface area contributed by atoms with Gasteiger partial charge in [0.1, 0.15) is 0 Å². The van der Waals surface area contributed by atoms with Crippen LogP contribution in [0, 0.1) is 0 Å². The van der Waals surface area contributed by atoms with Crippen LogP contribution in [0.3, 0.4) is 0 Å². The van der Waals surface area contributed by atoms with E-state index in [1.54, 1.807) is 12.3 Å². The predicted octanol–water partition coefficient (Wildman–Crippen LogP) is 2.43. The molecular weight excluding hydrogens is 258 g/mol. The number of fused-ring (bicyclic) bond motifs is 2. The molecule has 1 atom stereocenters. The van der Waals surface area contributed by atoms with Crippen LogP contribution >= 0.6 is 0 Å². The maximum absolute atomic E-state index is 12.5. The van der Waals surface area contributed by atoms with Gasteiger partial charge in [0.2, 0.25) is 0 Å². The Morgan fingerprint density at radius 2 is 1.68 bits per heavy atom. The van der Waals surface area contributed by atoms with Gasteiger partial charge in [-0.1, -0.05) is 12.1 Å². The first-order valence-corrected chi connectivity index (χ1v) is 7.50. The molecule has 2 aromatic carbocycles. The van der Waals surface area contributed by atoms with Crippen molar-refractivity contribution in [3.63, 3.8) is 0 Å². The first kappa shape index (κ1) is 12.1. The van der Waals surface area contributed by atoms with E-state index in [2.05, 4.69) is 0 Å². The molecule has 0 aliphatic heterocycles. The summed E-state index contributed by atoms with van der Waals surface area (Å²) in [5.74, 6) is 0. The molecule has 3 rings (SSSR count). The van der Waals surface area contributed by atoms with E-state index in [-0.39, 0.29) is 5.43 Å². The quantitative estimate of drug-likeness (QED) is 0.638. The van der Waals surface area contributed by atoms with E-state index in [1.165, 1.54) is 0 Å². The molecular formula is C15H13NO2S. The van der Waals surface area contributed by atoms with Crippen molar-refractivity contribution in [1.82, 2.24) is 4.57 Å². The molecule has 0 amide bonds. The van der Waals surface area contributed by atoms with Crippen LogP contribution in [0.25, 0.3) is 21.8 Å². The Morgan fingerprint density at radius 1 is 1.00 bits per heavy atom. The highest BCUT2D eigenvalue weighted by molar-refractivity contribution is 7.84. The lowest BCUT2D eigenvalue weighted by Gasteiger charge is -2.10. The minimum atomic E-state index is -1.08. The predicted molar refractivity (Wildman–Crippen MR) is 79.0 cm³/mol. The second-order valence-electron chi connectivity index (χ2n) is 4.54. The minimum absolute atomic E-state index is 0.00370. The number of aromatic nitrogens is 1. The van der Waals surface area contributed by atoms with Gasteiger partial charge in [-0.05, 0) is 30.3 Å². The highest BCUT2D eigenvalue weighted by Gasteiger charge is 2.09. The Bertz CT molecular complexity index is 880. The summed E-state index contributed by atoms with van der Waals surface area (Å²) < 4.78 is 13.5. The second kappa shape index (κ2) is 4.31. The van der Waals surface area contributed by atoms with E-state index in [4.69, 9.17) is 0 Å². The van der Waals surface area contributed by atoms with Crippen LogP contribution in [0.2, 0.25) is 0 Å². The second-order valence-corrected chi connectivity index (χ2v) is 5.92. The summed E-state index contributed by atoms with van der Waals surface area (Å²) in [4.78, 5) is 13.2. The largest absolute Gasteiger partial charge is 0.343 e. The topological polar surface area (TPSA) is 39.1 Å². The summed E-state index contributed by atoms with van der Waals surface area (Å²) in [5, 5.41) is 1.31. The normalized spacial score (nSPS) is 12.9. The zero-order chi connectivity index (χ0) is 13.6. The Hall–Kier alpha value is -1.94. The molecule has 0 aliphatic carbocycles. The van der Waals surface area contributed by atoms with Gasteiger partial charge < -0.3 is 4.57 Å². The van der Waals surface area contributed by atoms with E-state index in [0.717, 1.165) is 11.0 Å². The summed E-state index contributed by atoms with van der Waals surface area (Å²) in [6, 6.07) is 12.9. The zero-order valence-corrected chi connectivity index (χ0v) is 11.5. The number of nitrogens with zero attached hydrogens (tertiary/aromatic N) is 1. The van der Waals surface area contributed by atoms with Gasteiger partial charge in [0.15, 0.2) is 5.43 Å². The van der Waals surface area contributed by atoms with E-state index >= 15 is 0 Å². The molecule has 3 aromatic rings. The van der Waals surface area contributed by atoms with Crippen molar-refractivity contribution in [2.24, 2.45) is 7.05 Å². The Balaban J connectivity index is 2.56. The number of para-hydroxylation sites is 1. The van der Waals surface area contributed by atoms with Gasteiger partial charge in [0.25, 0.3) is 0 Å². The molecule has 0 saturated heterocycles. The minimum Gasteiger partial charge on any atom is -0.343 e. The SMILES string of the molecule is Cn1c2ccccc2c(=O)c2cc(S(C)=O)ccc21. The Kier molecular flexibility index (Phi) is 2.75. The van der Waals surface area contributed by atoms with Crippen LogP contribution in [0.4, 0.5) is 0 Å². The number of rotatable bonds is 1.